The van der Waals surface area contributed by atoms with E-state index in [1.807, 2.05) is 24.5 Å². The van der Waals surface area contributed by atoms with Gasteiger partial charge in [-0.1, -0.05) is 23.1 Å². The lowest BCUT2D eigenvalue weighted by molar-refractivity contribution is 0.102. The Morgan fingerprint density at radius 3 is 2.87 bits per heavy atom. The second-order valence-electron chi connectivity index (χ2n) is 5.63. The van der Waals surface area contributed by atoms with E-state index in [2.05, 4.69) is 10.2 Å². The Bertz CT molecular complexity index is 825. The number of aryl methyl sites for hydroxylation is 1. The smallest absolute Gasteiger partial charge is 0.174 e. The summed E-state index contributed by atoms with van der Waals surface area (Å²) in [6.07, 6.45) is 0.617. The van der Waals surface area contributed by atoms with Crippen LogP contribution >= 0.6 is 23.1 Å². The number of hydrogen-bond donors (Lipinski definition) is 0. The van der Waals surface area contributed by atoms with Gasteiger partial charge in [0, 0.05) is 23.0 Å². The highest BCUT2D eigenvalue weighted by atomic mass is 32.2. The highest BCUT2D eigenvalue weighted by Gasteiger charge is 2.31. The van der Waals surface area contributed by atoms with E-state index in [1.54, 1.807) is 5.51 Å². The molecule has 0 aliphatic carbocycles. The molecule has 23 heavy (non-hydrogen) atoms. The number of carbonyl (C=O) groups excluding carboxylic acids is 1. The fourth-order valence-electron chi connectivity index (χ4n) is 3.03. The molecule has 0 amide bonds. The van der Waals surface area contributed by atoms with Crippen molar-refractivity contribution in [3.63, 3.8) is 0 Å². The highest BCUT2D eigenvalue weighted by Crippen LogP contribution is 2.30. The van der Waals surface area contributed by atoms with E-state index < -0.39 is 9.84 Å². The van der Waals surface area contributed by atoms with E-state index in [0.717, 1.165) is 15.7 Å². The first-order valence-corrected chi connectivity index (χ1v) is 10.9. The second-order valence-corrected chi connectivity index (χ2v) is 9.91. The SMILES string of the molecule is Cc1cc(C(=O)CSc2nncs2)c(C)n1[C@H]1CCS(=O)(=O)C1. The number of rotatable bonds is 5. The molecule has 3 rings (SSSR count). The normalized spacial score (nSPS) is 20.0. The van der Waals surface area contributed by atoms with Gasteiger partial charge in [-0.25, -0.2) is 8.42 Å². The summed E-state index contributed by atoms with van der Waals surface area (Å²) in [5, 5.41) is 7.66. The van der Waals surface area contributed by atoms with Gasteiger partial charge >= 0.3 is 0 Å². The Labute approximate surface area is 143 Å². The Balaban J connectivity index is 1.79. The third-order valence-corrected chi connectivity index (χ3v) is 7.64. The van der Waals surface area contributed by atoms with Crippen LogP contribution < -0.4 is 0 Å². The highest BCUT2D eigenvalue weighted by molar-refractivity contribution is 8.01. The summed E-state index contributed by atoms with van der Waals surface area (Å²) in [7, 11) is -2.95. The molecule has 9 heteroatoms. The minimum absolute atomic E-state index is 0.0328. The number of aromatic nitrogens is 3. The van der Waals surface area contributed by atoms with E-state index in [-0.39, 0.29) is 23.3 Å². The average molecular weight is 372 g/mol. The van der Waals surface area contributed by atoms with Crippen molar-refractivity contribution in [3.05, 3.63) is 28.5 Å². The maximum atomic E-state index is 12.5. The van der Waals surface area contributed by atoms with Gasteiger partial charge in [-0.3, -0.25) is 4.79 Å². The van der Waals surface area contributed by atoms with E-state index in [4.69, 9.17) is 0 Å². The summed E-state index contributed by atoms with van der Waals surface area (Å²) >= 11 is 2.79. The molecule has 124 valence electrons. The van der Waals surface area contributed by atoms with Gasteiger partial charge < -0.3 is 4.57 Å². The molecule has 0 N–H and O–H groups in total. The second kappa shape index (κ2) is 6.37. The number of ketones is 1. The summed E-state index contributed by atoms with van der Waals surface area (Å²) in [5.41, 5.74) is 4.10. The summed E-state index contributed by atoms with van der Waals surface area (Å²) < 4.78 is 26.2. The van der Waals surface area contributed by atoms with Gasteiger partial charge in [0.1, 0.15) is 5.51 Å². The monoisotopic (exact) mass is 371 g/mol. The number of carbonyl (C=O) groups is 1. The Morgan fingerprint density at radius 1 is 1.48 bits per heavy atom. The zero-order valence-electron chi connectivity index (χ0n) is 12.9. The van der Waals surface area contributed by atoms with Gasteiger partial charge in [-0.05, 0) is 26.3 Å². The number of hydrogen-bond acceptors (Lipinski definition) is 7. The van der Waals surface area contributed by atoms with Gasteiger partial charge in [0.25, 0.3) is 0 Å². The molecule has 6 nitrogen and oxygen atoms in total. The molecule has 1 aliphatic heterocycles. The Morgan fingerprint density at radius 2 is 2.26 bits per heavy atom. The van der Waals surface area contributed by atoms with Gasteiger partial charge in [0.15, 0.2) is 20.0 Å². The molecule has 0 saturated carbocycles. The number of sulfone groups is 1. The largest absolute Gasteiger partial charge is 0.344 e. The van der Waals surface area contributed by atoms with E-state index >= 15 is 0 Å². The molecule has 0 aromatic carbocycles. The van der Waals surface area contributed by atoms with Crippen LogP contribution in [-0.4, -0.2) is 46.2 Å². The molecule has 0 spiro atoms. The van der Waals surface area contributed by atoms with Gasteiger partial charge in [0.2, 0.25) is 0 Å². The molecule has 0 bridgehead atoms. The summed E-state index contributed by atoms with van der Waals surface area (Å²) in [6, 6.07) is 1.81. The Kier molecular flexibility index (Phi) is 4.61. The minimum atomic E-state index is -2.95. The van der Waals surface area contributed by atoms with Crippen molar-refractivity contribution in [3.8, 4) is 0 Å². The lowest BCUT2D eigenvalue weighted by Gasteiger charge is -2.16. The molecule has 0 radical (unpaired) electrons. The van der Waals surface area contributed by atoms with Crippen LogP contribution in [0.5, 0.6) is 0 Å². The van der Waals surface area contributed by atoms with E-state index in [1.165, 1.54) is 23.1 Å². The molecule has 3 heterocycles. The quantitative estimate of drug-likeness (QED) is 0.592. The van der Waals surface area contributed by atoms with Crippen LogP contribution in [0.3, 0.4) is 0 Å². The van der Waals surface area contributed by atoms with Crippen LogP contribution in [0.25, 0.3) is 0 Å². The molecule has 1 saturated heterocycles. The fourth-order valence-corrected chi connectivity index (χ4v) is 6.10. The minimum Gasteiger partial charge on any atom is -0.344 e. The molecule has 1 aliphatic rings. The number of Topliss-reactive ketones (excluding diaryl/α,β-unsaturated/α-hetero) is 1. The predicted molar refractivity (Wildman–Crippen MR) is 91.2 cm³/mol. The van der Waals surface area contributed by atoms with Crippen LogP contribution in [0.2, 0.25) is 0 Å². The van der Waals surface area contributed by atoms with Crippen LogP contribution in [-0.2, 0) is 9.84 Å². The van der Waals surface area contributed by atoms with Gasteiger partial charge in [-0.2, -0.15) is 0 Å². The number of thioether (sulfide) groups is 1. The lowest BCUT2D eigenvalue weighted by atomic mass is 10.2. The maximum Gasteiger partial charge on any atom is 0.174 e. The zero-order chi connectivity index (χ0) is 16.6. The van der Waals surface area contributed by atoms with Crippen molar-refractivity contribution in [2.75, 3.05) is 17.3 Å². The molecular formula is C14H17N3O3S3. The number of nitrogens with zero attached hydrogens (tertiary/aromatic N) is 3. The third kappa shape index (κ3) is 3.51. The van der Waals surface area contributed by atoms with Gasteiger partial charge in [0.05, 0.1) is 17.3 Å². The first-order valence-electron chi connectivity index (χ1n) is 7.18. The predicted octanol–water partition coefficient (Wildman–Crippen LogP) is 2.29. The Hall–Kier alpha value is -1.19. The standard InChI is InChI=1S/C14H17N3O3S3/c1-9-5-12(13(18)6-21-14-16-15-8-22-14)10(2)17(9)11-3-4-23(19,20)7-11/h5,8,11H,3-4,6-7H2,1-2H3/t11-/m0/s1. The topological polar surface area (TPSA) is 81.9 Å². The van der Waals surface area contributed by atoms with Crippen molar-refractivity contribution in [2.24, 2.45) is 0 Å². The van der Waals surface area contributed by atoms with Crippen LogP contribution in [0.4, 0.5) is 0 Å². The summed E-state index contributed by atoms with van der Waals surface area (Å²) in [6.45, 7) is 3.81. The summed E-state index contributed by atoms with van der Waals surface area (Å²) in [4.78, 5) is 12.5. The van der Waals surface area contributed by atoms with Crippen molar-refractivity contribution in [1.29, 1.82) is 0 Å². The molecular weight excluding hydrogens is 354 g/mol. The van der Waals surface area contributed by atoms with Crippen molar-refractivity contribution in [1.82, 2.24) is 14.8 Å². The molecule has 2 aromatic rings. The lowest BCUT2D eigenvalue weighted by Crippen LogP contribution is -2.14. The van der Waals surface area contributed by atoms with Crippen molar-refractivity contribution >= 4 is 38.7 Å². The van der Waals surface area contributed by atoms with Crippen LogP contribution in [0, 0.1) is 13.8 Å². The average Bonchev–Trinajstić information content (AvgIpc) is 3.17. The van der Waals surface area contributed by atoms with E-state index in [0.29, 0.717) is 17.7 Å². The third-order valence-electron chi connectivity index (χ3n) is 4.03. The molecule has 1 atom stereocenters. The van der Waals surface area contributed by atoms with Crippen LogP contribution in [0.1, 0.15) is 34.2 Å². The maximum absolute atomic E-state index is 12.5. The molecule has 1 fully saturated rings. The van der Waals surface area contributed by atoms with E-state index in [9.17, 15) is 13.2 Å². The summed E-state index contributed by atoms with van der Waals surface area (Å²) in [5.74, 6) is 0.731. The first kappa shape index (κ1) is 16.7. The zero-order valence-corrected chi connectivity index (χ0v) is 15.3. The fraction of sp³-hybridized carbons (Fsp3) is 0.500. The van der Waals surface area contributed by atoms with Crippen LogP contribution in [0.15, 0.2) is 15.9 Å². The molecule has 2 aromatic heterocycles. The van der Waals surface area contributed by atoms with Gasteiger partial charge in [-0.15, -0.1) is 10.2 Å². The van der Waals surface area contributed by atoms with Crippen molar-refractivity contribution in [2.45, 2.75) is 30.6 Å². The molecule has 0 unspecified atom stereocenters. The first-order chi connectivity index (χ1) is 10.9. The van der Waals surface area contributed by atoms with Crippen molar-refractivity contribution < 1.29 is 13.2 Å².